The first-order valence-corrected chi connectivity index (χ1v) is 6.58. The minimum Gasteiger partial charge on any atom is -0.326 e. The molecule has 1 aromatic carbocycles. The smallest absolute Gasteiger partial charge is 0.224 e. The van der Waals surface area contributed by atoms with E-state index in [2.05, 4.69) is 28.1 Å². The Labute approximate surface area is 107 Å². The van der Waals surface area contributed by atoms with Crippen LogP contribution in [0.15, 0.2) is 18.2 Å². The molecule has 2 aliphatic rings. The summed E-state index contributed by atoms with van der Waals surface area (Å²) in [5.74, 6) is 0.801. The summed E-state index contributed by atoms with van der Waals surface area (Å²) < 4.78 is 0. The number of hydrogen-bond acceptors (Lipinski definition) is 3. The third-order valence-corrected chi connectivity index (χ3v) is 3.98. The van der Waals surface area contributed by atoms with E-state index in [0.717, 1.165) is 25.2 Å². The summed E-state index contributed by atoms with van der Waals surface area (Å²) in [6, 6.07) is 6.82. The molecule has 0 aromatic heterocycles. The molecule has 2 heterocycles. The maximum atomic E-state index is 11.3. The Morgan fingerprint density at radius 3 is 2.83 bits per heavy atom. The maximum Gasteiger partial charge on any atom is 0.224 e. The predicted molar refractivity (Wildman–Crippen MR) is 71.6 cm³/mol. The summed E-state index contributed by atoms with van der Waals surface area (Å²) in [5, 5.41) is 9.65. The molecule has 2 aliphatic heterocycles. The molecule has 0 radical (unpaired) electrons. The van der Waals surface area contributed by atoms with Crippen molar-refractivity contribution in [2.75, 3.05) is 25.5 Å². The fourth-order valence-electron chi connectivity index (χ4n) is 2.82. The fraction of sp³-hybridized carbons (Fsp3) is 0.500. The van der Waals surface area contributed by atoms with E-state index in [4.69, 9.17) is 0 Å². The largest absolute Gasteiger partial charge is 0.326 e. The zero-order valence-electron chi connectivity index (χ0n) is 10.6. The number of amides is 1. The lowest BCUT2D eigenvalue weighted by molar-refractivity contribution is -0.116. The predicted octanol–water partition coefficient (Wildman–Crippen LogP) is 1.05. The SMILES string of the molecule is CNC(c1ccc2c(c1)CCC(=O)N2)C1CNC1. The number of benzene rings is 1. The van der Waals surface area contributed by atoms with Gasteiger partial charge in [-0.25, -0.2) is 0 Å². The van der Waals surface area contributed by atoms with Crippen LogP contribution in [0.5, 0.6) is 0 Å². The Morgan fingerprint density at radius 1 is 1.33 bits per heavy atom. The van der Waals surface area contributed by atoms with E-state index in [1.807, 2.05) is 13.1 Å². The van der Waals surface area contributed by atoms with Gasteiger partial charge < -0.3 is 16.0 Å². The molecule has 1 amide bonds. The van der Waals surface area contributed by atoms with Crippen LogP contribution in [0.4, 0.5) is 5.69 Å². The minimum absolute atomic E-state index is 0.128. The van der Waals surface area contributed by atoms with E-state index >= 15 is 0 Å². The lowest BCUT2D eigenvalue weighted by Crippen LogP contribution is -2.48. The third kappa shape index (κ3) is 2.02. The minimum atomic E-state index is 0.128. The van der Waals surface area contributed by atoms with Crippen molar-refractivity contribution in [2.24, 2.45) is 5.92 Å². The number of hydrogen-bond donors (Lipinski definition) is 3. The van der Waals surface area contributed by atoms with Crippen molar-refractivity contribution in [2.45, 2.75) is 18.9 Å². The molecule has 0 saturated carbocycles. The molecule has 0 spiro atoms. The van der Waals surface area contributed by atoms with E-state index in [9.17, 15) is 4.79 Å². The quantitative estimate of drug-likeness (QED) is 0.746. The summed E-state index contributed by atoms with van der Waals surface area (Å²) in [6.07, 6.45) is 1.46. The van der Waals surface area contributed by atoms with Crippen molar-refractivity contribution in [3.63, 3.8) is 0 Å². The standard InChI is InChI=1S/C14H19N3O/c1-15-14(11-7-16-8-11)10-2-4-12-9(6-10)3-5-13(18)17-12/h2,4,6,11,14-16H,3,5,7-8H2,1H3,(H,17,18). The summed E-state index contributed by atoms with van der Waals surface area (Å²) in [6.45, 7) is 2.17. The zero-order valence-corrected chi connectivity index (χ0v) is 10.6. The molecule has 1 aromatic rings. The number of rotatable bonds is 3. The molecule has 0 aliphatic carbocycles. The Kier molecular flexibility index (Phi) is 3.06. The van der Waals surface area contributed by atoms with Crippen molar-refractivity contribution >= 4 is 11.6 Å². The molecule has 3 N–H and O–H groups in total. The van der Waals surface area contributed by atoms with Crippen LogP contribution in [0.3, 0.4) is 0 Å². The van der Waals surface area contributed by atoms with Gasteiger partial charge in [-0.2, -0.15) is 0 Å². The van der Waals surface area contributed by atoms with Crippen LogP contribution in [0.25, 0.3) is 0 Å². The normalized spacial score (nSPS) is 20.8. The molecular formula is C14H19N3O. The average Bonchev–Trinajstić information content (AvgIpc) is 2.33. The summed E-state index contributed by atoms with van der Waals surface area (Å²) >= 11 is 0. The highest BCUT2D eigenvalue weighted by molar-refractivity contribution is 5.93. The summed E-state index contributed by atoms with van der Waals surface area (Å²) in [4.78, 5) is 11.3. The lowest BCUT2D eigenvalue weighted by atomic mass is 9.87. The Balaban J connectivity index is 1.86. The summed E-state index contributed by atoms with van der Waals surface area (Å²) in [7, 11) is 2.02. The van der Waals surface area contributed by atoms with Crippen molar-refractivity contribution < 1.29 is 4.79 Å². The number of aryl methyl sites for hydroxylation is 1. The molecule has 3 rings (SSSR count). The number of carbonyl (C=O) groups excluding carboxylic acids is 1. The Morgan fingerprint density at radius 2 is 2.17 bits per heavy atom. The van der Waals surface area contributed by atoms with Crippen LogP contribution in [0, 0.1) is 5.92 Å². The van der Waals surface area contributed by atoms with Crippen molar-refractivity contribution in [3.8, 4) is 0 Å². The Bertz CT molecular complexity index is 468. The van der Waals surface area contributed by atoms with Gasteiger partial charge in [0.25, 0.3) is 0 Å². The zero-order chi connectivity index (χ0) is 12.5. The molecule has 1 atom stereocenters. The van der Waals surface area contributed by atoms with E-state index in [1.54, 1.807) is 0 Å². The van der Waals surface area contributed by atoms with E-state index in [0.29, 0.717) is 18.4 Å². The first kappa shape index (κ1) is 11.7. The molecule has 1 fully saturated rings. The van der Waals surface area contributed by atoms with Crippen molar-refractivity contribution in [1.29, 1.82) is 0 Å². The van der Waals surface area contributed by atoms with Crippen LogP contribution < -0.4 is 16.0 Å². The maximum absolute atomic E-state index is 11.3. The van der Waals surface area contributed by atoms with E-state index < -0.39 is 0 Å². The monoisotopic (exact) mass is 245 g/mol. The van der Waals surface area contributed by atoms with Crippen LogP contribution in [0.2, 0.25) is 0 Å². The average molecular weight is 245 g/mol. The third-order valence-electron chi connectivity index (χ3n) is 3.98. The van der Waals surface area contributed by atoms with Gasteiger partial charge in [-0.15, -0.1) is 0 Å². The number of fused-ring (bicyclic) bond motifs is 1. The van der Waals surface area contributed by atoms with Crippen LogP contribution >= 0.6 is 0 Å². The topological polar surface area (TPSA) is 53.2 Å². The van der Waals surface area contributed by atoms with Gasteiger partial charge in [0.05, 0.1) is 0 Å². The number of nitrogens with one attached hydrogen (secondary N) is 3. The van der Waals surface area contributed by atoms with Crippen molar-refractivity contribution in [3.05, 3.63) is 29.3 Å². The first-order valence-electron chi connectivity index (χ1n) is 6.58. The van der Waals surface area contributed by atoms with Gasteiger partial charge in [0.15, 0.2) is 0 Å². The van der Waals surface area contributed by atoms with Gasteiger partial charge in [-0.05, 0) is 30.7 Å². The highest BCUT2D eigenvalue weighted by Crippen LogP contribution is 2.30. The van der Waals surface area contributed by atoms with Gasteiger partial charge in [0.1, 0.15) is 0 Å². The number of carbonyl (C=O) groups is 1. The molecule has 96 valence electrons. The van der Waals surface area contributed by atoms with Crippen LogP contribution in [-0.4, -0.2) is 26.0 Å². The molecular weight excluding hydrogens is 226 g/mol. The van der Waals surface area contributed by atoms with Gasteiger partial charge >= 0.3 is 0 Å². The lowest BCUT2D eigenvalue weighted by Gasteiger charge is -2.35. The van der Waals surface area contributed by atoms with Gasteiger partial charge in [-0.1, -0.05) is 12.1 Å². The molecule has 1 unspecified atom stereocenters. The van der Waals surface area contributed by atoms with E-state index in [1.165, 1.54) is 11.1 Å². The highest BCUT2D eigenvalue weighted by atomic mass is 16.1. The second-order valence-corrected chi connectivity index (χ2v) is 5.15. The second kappa shape index (κ2) is 4.71. The van der Waals surface area contributed by atoms with Gasteiger partial charge in [0, 0.05) is 37.2 Å². The van der Waals surface area contributed by atoms with Gasteiger partial charge in [0.2, 0.25) is 5.91 Å². The Hall–Kier alpha value is -1.39. The molecule has 1 saturated heterocycles. The van der Waals surface area contributed by atoms with Crippen molar-refractivity contribution in [1.82, 2.24) is 10.6 Å². The second-order valence-electron chi connectivity index (χ2n) is 5.15. The summed E-state index contributed by atoms with van der Waals surface area (Å²) in [5.41, 5.74) is 3.58. The highest BCUT2D eigenvalue weighted by Gasteiger charge is 2.27. The van der Waals surface area contributed by atoms with E-state index in [-0.39, 0.29) is 5.91 Å². The van der Waals surface area contributed by atoms with Gasteiger partial charge in [-0.3, -0.25) is 4.79 Å². The number of anilines is 1. The molecule has 0 bridgehead atoms. The molecule has 4 nitrogen and oxygen atoms in total. The van der Waals surface area contributed by atoms with Crippen LogP contribution in [0.1, 0.15) is 23.6 Å². The van der Waals surface area contributed by atoms with Crippen LogP contribution in [-0.2, 0) is 11.2 Å². The fourth-order valence-corrected chi connectivity index (χ4v) is 2.82. The molecule has 18 heavy (non-hydrogen) atoms. The molecule has 4 heteroatoms. The first-order chi connectivity index (χ1) is 8.78.